The fourth-order valence-corrected chi connectivity index (χ4v) is 5.57. The maximum absolute atomic E-state index is 10.2. The lowest BCUT2D eigenvalue weighted by Crippen LogP contribution is -1.98. The zero-order chi connectivity index (χ0) is 26.8. The highest BCUT2D eigenvalue weighted by molar-refractivity contribution is 5.87. The molecule has 5 aromatic rings. The minimum atomic E-state index is 0.573. The van der Waals surface area contributed by atoms with Gasteiger partial charge in [0.1, 0.15) is 0 Å². The van der Waals surface area contributed by atoms with E-state index in [9.17, 15) is 10.5 Å². The third kappa shape index (κ3) is 4.50. The molecule has 0 heterocycles. The van der Waals surface area contributed by atoms with Crippen LogP contribution in [0.3, 0.4) is 0 Å². The van der Waals surface area contributed by atoms with Crippen LogP contribution in [0, 0.1) is 50.4 Å². The summed E-state index contributed by atoms with van der Waals surface area (Å²) in [7, 11) is 0. The van der Waals surface area contributed by atoms with Crippen molar-refractivity contribution < 1.29 is 0 Å². The number of hydrogen-bond acceptors (Lipinski definition) is 2. The number of nitrogens with zero attached hydrogens (tertiary/aromatic N) is 2. The molecule has 5 rings (SSSR count). The maximum Gasteiger partial charge on any atom is 0.0998 e. The molecule has 182 valence electrons. The molecule has 0 aliphatic heterocycles. The molecule has 0 radical (unpaired) electrons. The van der Waals surface area contributed by atoms with Crippen molar-refractivity contribution in [2.45, 2.75) is 27.7 Å². The first-order valence-corrected chi connectivity index (χ1v) is 12.7. The van der Waals surface area contributed by atoms with E-state index in [1.54, 1.807) is 0 Å². The molecule has 0 atom stereocenters. The standard InChI is InChI=1S/C36H28N2/c1-23-15-29(27-11-7-5-8-12-27)16-24(2)35(23)33-19-32(22-38)34(20-31(33)21-37)36-25(3)17-30(18-26(36)4)28-13-9-6-10-14-28/h5-20H,1-4H3. The highest BCUT2D eigenvalue weighted by Gasteiger charge is 2.19. The average Bonchev–Trinajstić information content (AvgIpc) is 2.93. The normalized spacial score (nSPS) is 10.6. The molecule has 0 N–H and O–H groups in total. The van der Waals surface area contributed by atoms with Gasteiger partial charge in [-0.05, 0) is 95.5 Å². The van der Waals surface area contributed by atoms with Crippen LogP contribution in [0.2, 0.25) is 0 Å². The van der Waals surface area contributed by atoms with Gasteiger partial charge in [-0.25, -0.2) is 0 Å². The zero-order valence-corrected chi connectivity index (χ0v) is 22.1. The van der Waals surface area contributed by atoms with E-state index in [0.29, 0.717) is 11.1 Å². The van der Waals surface area contributed by atoms with Gasteiger partial charge in [0.25, 0.3) is 0 Å². The third-order valence-electron chi connectivity index (χ3n) is 7.22. The molecule has 0 aliphatic carbocycles. The molecule has 38 heavy (non-hydrogen) atoms. The highest BCUT2D eigenvalue weighted by atomic mass is 14.3. The van der Waals surface area contributed by atoms with Crippen molar-refractivity contribution in [2.75, 3.05) is 0 Å². The molecule has 0 saturated carbocycles. The van der Waals surface area contributed by atoms with Gasteiger partial charge < -0.3 is 0 Å². The number of aryl methyl sites for hydroxylation is 4. The summed E-state index contributed by atoms with van der Waals surface area (Å²) in [6.07, 6.45) is 0. The Hall–Kier alpha value is -4.92. The van der Waals surface area contributed by atoms with Crippen LogP contribution in [0.1, 0.15) is 33.4 Å². The molecule has 0 bridgehead atoms. The van der Waals surface area contributed by atoms with E-state index in [0.717, 1.165) is 66.8 Å². The van der Waals surface area contributed by atoms with Crippen molar-refractivity contribution >= 4 is 0 Å². The second-order valence-corrected chi connectivity index (χ2v) is 9.87. The Labute approximate surface area is 225 Å². The van der Waals surface area contributed by atoms with Gasteiger partial charge in [-0.15, -0.1) is 0 Å². The van der Waals surface area contributed by atoms with Crippen molar-refractivity contribution in [3.8, 4) is 56.6 Å². The Balaban J connectivity index is 1.66. The van der Waals surface area contributed by atoms with Gasteiger partial charge in [0, 0.05) is 11.1 Å². The van der Waals surface area contributed by atoms with Crippen LogP contribution in [0.4, 0.5) is 0 Å². The van der Waals surface area contributed by atoms with Crippen LogP contribution < -0.4 is 0 Å². The van der Waals surface area contributed by atoms with Gasteiger partial charge in [-0.2, -0.15) is 10.5 Å². The van der Waals surface area contributed by atoms with Crippen molar-refractivity contribution in [3.05, 3.63) is 130 Å². The summed E-state index contributed by atoms with van der Waals surface area (Å²) in [4.78, 5) is 0. The third-order valence-corrected chi connectivity index (χ3v) is 7.22. The molecular formula is C36H28N2. The molecule has 5 aromatic carbocycles. The molecule has 0 spiro atoms. The molecule has 0 amide bonds. The van der Waals surface area contributed by atoms with Crippen LogP contribution in [0.25, 0.3) is 44.5 Å². The molecular weight excluding hydrogens is 460 g/mol. The topological polar surface area (TPSA) is 47.6 Å². The van der Waals surface area contributed by atoms with E-state index in [4.69, 9.17) is 0 Å². The van der Waals surface area contributed by atoms with Gasteiger partial charge in [-0.1, -0.05) is 84.9 Å². The van der Waals surface area contributed by atoms with Crippen molar-refractivity contribution in [1.29, 1.82) is 10.5 Å². The molecule has 0 fully saturated rings. The molecule has 2 nitrogen and oxygen atoms in total. The largest absolute Gasteiger partial charge is 0.192 e. The van der Waals surface area contributed by atoms with E-state index in [2.05, 4.69) is 88.4 Å². The summed E-state index contributed by atoms with van der Waals surface area (Å²) in [6, 6.07) is 37.9. The van der Waals surface area contributed by atoms with Crippen molar-refractivity contribution in [2.24, 2.45) is 0 Å². The molecule has 0 saturated heterocycles. The SMILES string of the molecule is Cc1cc(-c2ccccc2)cc(C)c1-c1cc(C#N)c(-c2c(C)cc(-c3ccccc3)cc2C)cc1C#N. The lowest BCUT2D eigenvalue weighted by atomic mass is 9.84. The Bertz CT molecular complexity index is 1570. The van der Waals surface area contributed by atoms with Gasteiger partial charge in [0.2, 0.25) is 0 Å². The van der Waals surface area contributed by atoms with Crippen LogP contribution in [-0.4, -0.2) is 0 Å². The summed E-state index contributed by atoms with van der Waals surface area (Å²) >= 11 is 0. The van der Waals surface area contributed by atoms with Gasteiger partial charge >= 0.3 is 0 Å². The van der Waals surface area contributed by atoms with E-state index in [-0.39, 0.29) is 0 Å². The number of rotatable bonds is 4. The minimum absolute atomic E-state index is 0.573. The summed E-state index contributed by atoms with van der Waals surface area (Å²) in [5, 5.41) is 20.5. The van der Waals surface area contributed by atoms with Gasteiger partial charge in [0.05, 0.1) is 23.3 Å². The van der Waals surface area contributed by atoms with E-state index >= 15 is 0 Å². The smallest absolute Gasteiger partial charge is 0.0998 e. The van der Waals surface area contributed by atoms with Crippen LogP contribution in [0.15, 0.2) is 97.1 Å². The second kappa shape index (κ2) is 10.2. The first kappa shape index (κ1) is 24.8. The van der Waals surface area contributed by atoms with E-state index < -0.39 is 0 Å². The fourth-order valence-electron chi connectivity index (χ4n) is 5.57. The van der Waals surface area contributed by atoms with Crippen LogP contribution in [-0.2, 0) is 0 Å². The van der Waals surface area contributed by atoms with Crippen molar-refractivity contribution in [3.63, 3.8) is 0 Å². The van der Waals surface area contributed by atoms with E-state index in [1.165, 1.54) is 0 Å². The lowest BCUT2D eigenvalue weighted by molar-refractivity contribution is 1.34. The molecule has 0 aromatic heterocycles. The number of hydrogen-bond donors (Lipinski definition) is 0. The minimum Gasteiger partial charge on any atom is -0.192 e. The Morgan fingerprint density at radius 3 is 1.03 bits per heavy atom. The average molecular weight is 489 g/mol. The Morgan fingerprint density at radius 1 is 0.421 bits per heavy atom. The Kier molecular flexibility index (Phi) is 6.66. The second-order valence-electron chi connectivity index (χ2n) is 9.87. The van der Waals surface area contributed by atoms with Crippen LogP contribution in [0.5, 0.6) is 0 Å². The fraction of sp³-hybridized carbons (Fsp3) is 0.111. The summed E-state index contributed by atoms with van der Waals surface area (Å²) in [6.45, 7) is 8.30. The predicted molar refractivity (Wildman–Crippen MR) is 157 cm³/mol. The predicted octanol–water partition coefficient (Wildman–Crippen LogP) is 9.33. The zero-order valence-electron chi connectivity index (χ0n) is 22.1. The van der Waals surface area contributed by atoms with Gasteiger partial charge in [0.15, 0.2) is 0 Å². The van der Waals surface area contributed by atoms with Crippen LogP contribution >= 0.6 is 0 Å². The maximum atomic E-state index is 10.2. The molecule has 2 heteroatoms. The summed E-state index contributed by atoms with van der Waals surface area (Å²) in [5.41, 5.74) is 13.7. The molecule has 0 unspecified atom stereocenters. The van der Waals surface area contributed by atoms with Crippen molar-refractivity contribution in [1.82, 2.24) is 0 Å². The lowest BCUT2D eigenvalue weighted by Gasteiger charge is -2.18. The number of nitriles is 2. The number of benzene rings is 5. The first-order chi connectivity index (χ1) is 18.4. The Morgan fingerprint density at radius 2 is 0.737 bits per heavy atom. The first-order valence-electron chi connectivity index (χ1n) is 12.7. The highest BCUT2D eigenvalue weighted by Crippen LogP contribution is 2.39. The monoisotopic (exact) mass is 488 g/mol. The summed E-state index contributed by atoms with van der Waals surface area (Å²) < 4.78 is 0. The molecule has 0 aliphatic rings. The van der Waals surface area contributed by atoms with E-state index in [1.807, 2.05) is 48.5 Å². The summed E-state index contributed by atoms with van der Waals surface area (Å²) in [5.74, 6) is 0. The quantitative estimate of drug-likeness (QED) is 0.253. The van der Waals surface area contributed by atoms with Gasteiger partial charge in [-0.3, -0.25) is 0 Å².